The van der Waals surface area contributed by atoms with E-state index in [0.717, 1.165) is 0 Å². The summed E-state index contributed by atoms with van der Waals surface area (Å²) in [5, 5.41) is 39.6. The Bertz CT molecular complexity index is 703. The third-order valence-electron chi connectivity index (χ3n) is 4.25. The van der Waals surface area contributed by atoms with Crippen LogP contribution < -0.4 is 4.74 Å². The molecule has 4 atom stereocenters. The molecule has 0 saturated carbocycles. The van der Waals surface area contributed by atoms with Gasteiger partial charge in [-0.2, -0.15) is 0 Å². The van der Waals surface area contributed by atoms with Gasteiger partial charge in [-0.25, -0.2) is 9.36 Å². The molecule has 0 aliphatic heterocycles. The van der Waals surface area contributed by atoms with Crippen LogP contribution >= 0.6 is 7.82 Å². The van der Waals surface area contributed by atoms with Gasteiger partial charge in [0.15, 0.2) is 6.10 Å². The normalized spacial score (nSPS) is 16.6. The van der Waals surface area contributed by atoms with Crippen molar-refractivity contribution >= 4 is 13.8 Å². The Labute approximate surface area is 169 Å². The van der Waals surface area contributed by atoms with Crippen molar-refractivity contribution in [3.05, 3.63) is 29.3 Å². The first-order chi connectivity index (χ1) is 13.3. The van der Waals surface area contributed by atoms with Crippen LogP contribution in [0.2, 0.25) is 0 Å². The lowest BCUT2D eigenvalue weighted by molar-refractivity contribution is -0.161. The Balaban J connectivity index is 2.95. The highest BCUT2D eigenvalue weighted by atomic mass is 31.2. The first-order valence-corrected chi connectivity index (χ1v) is 10.6. The first-order valence-electron chi connectivity index (χ1n) is 9.03. The van der Waals surface area contributed by atoms with Gasteiger partial charge in [0.05, 0.1) is 6.61 Å². The minimum atomic E-state index is -4.92. The van der Waals surface area contributed by atoms with E-state index in [1.165, 1.54) is 0 Å². The lowest BCUT2D eigenvalue weighted by atomic mass is 9.94. The average Bonchev–Trinajstić information content (AvgIpc) is 2.63. The van der Waals surface area contributed by atoms with Crippen LogP contribution in [0, 0.1) is 0 Å². The molecule has 0 heterocycles. The summed E-state index contributed by atoms with van der Waals surface area (Å²) in [5.74, 6) is -1.02. The van der Waals surface area contributed by atoms with Crippen molar-refractivity contribution < 1.29 is 48.8 Å². The summed E-state index contributed by atoms with van der Waals surface area (Å²) in [6, 6.07) is 5.34. The molecule has 0 radical (unpaired) electrons. The van der Waals surface area contributed by atoms with Gasteiger partial charge in [0.2, 0.25) is 0 Å². The van der Waals surface area contributed by atoms with E-state index in [9.17, 15) is 29.8 Å². The lowest BCUT2D eigenvalue weighted by Crippen LogP contribution is -2.50. The molecule has 10 nitrogen and oxygen atoms in total. The van der Waals surface area contributed by atoms with Gasteiger partial charge < -0.3 is 34.9 Å². The van der Waals surface area contributed by atoms with Crippen LogP contribution in [0.1, 0.15) is 50.7 Å². The summed E-state index contributed by atoms with van der Waals surface area (Å²) in [6.07, 6.45) is -8.52. The molecule has 0 fully saturated rings. The SMILES string of the molecule is CC(C)c1cccc(C(C)C)c1OC(=O)[C@H](O)[C@@H](O)[C@H](O)[C@H](O)COP(=O)(O)O. The highest BCUT2D eigenvalue weighted by Gasteiger charge is 2.37. The highest BCUT2D eigenvalue weighted by Crippen LogP contribution is 2.36. The van der Waals surface area contributed by atoms with Crippen molar-refractivity contribution in [2.45, 2.75) is 63.9 Å². The fraction of sp³-hybridized carbons (Fsp3) is 0.611. The Kier molecular flexibility index (Phi) is 9.39. The summed E-state index contributed by atoms with van der Waals surface area (Å²) in [6.45, 7) is 6.54. The van der Waals surface area contributed by atoms with Gasteiger partial charge in [-0.1, -0.05) is 45.9 Å². The molecule has 1 aromatic rings. The van der Waals surface area contributed by atoms with Crippen LogP contribution in [0.4, 0.5) is 0 Å². The topological polar surface area (TPSA) is 174 Å². The zero-order chi connectivity index (χ0) is 22.5. The number of carbonyl (C=O) groups excluding carboxylic acids is 1. The molecule has 0 bridgehead atoms. The first kappa shape index (κ1) is 25.7. The Morgan fingerprint density at radius 2 is 1.45 bits per heavy atom. The smallest absolute Gasteiger partial charge is 0.424 e. The number of phosphoric ester groups is 1. The van der Waals surface area contributed by atoms with Crippen LogP contribution in [-0.2, 0) is 13.9 Å². The second kappa shape index (κ2) is 10.6. The predicted octanol–water partition coefficient (Wildman–Crippen LogP) is 0.392. The predicted molar refractivity (Wildman–Crippen MR) is 102 cm³/mol. The van der Waals surface area contributed by atoms with Crippen LogP contribution in [0.5, 0.6) is 5.75 Å². The summed E-state index contributed by atoms with van der Waals surface area (Å²) in [7, 11) is -4.92. The van der Waals surface area contributed by atoms with Crippen LogP contribution in [-0.4, -0.2) is 67.2 Å². The van der Waals surface area contributed by atoms with E-state index >= 15 is 0 Å². The molecule has 0 amide bonds. The number of hydrogen-bond donors (Lipinski definition) is 6. The second-order valence-electron chi connectivity index (χ2n) is 7.28. The van der Waals surface area contributed by atoms with E-state index in [-0.39, 0.29) is 17.6 Å². The monoisotopic (exact) mass is 436 g/mol. The lowest BCUT2D eigenvalue weighted by Gasteiger charge is -2.26. The van der Waals surface area contributed by atoms with E-state index in [0.29, 0.717) is 11.1 Å². The molecule has 11 heteroatoms. The van der Waals surface area contributed by atoms with Crippen molar-refractivity contribution in [1.82, 2.24) is 0 Å². The number of esters is 1. The van der Waals surface area contributed by atoms with E-state index < -0.39 is 44.8 Å². The largest absolute Gasteiger partial charge is 0.469 e. The zero-order valence-corrected chi connectivity index (χ0v) is 17.6. The minimum absolute atomic E-state index is 0.00391. The Hall–Kier alpha value is -1.36. The molecular weight excluding hydrogens is 407 g/mol. The van der Waals surface area contributed by atoms with Crippen molar-refractivity contribution in [3.63, 3.8) is 0 Å². The number of para-hydroxylation sites is 1. The van der Waals surface area contributed by atoms with E-state index in [1.807, 2.05) is 33.8 Å². The van der Waals surface area contributed by atoms with Crippen molar-refractivity contribution in [1.29, 1.82) is 0 Å². The number of benzene rings is 1. The molecule has 0 spiro atoms. The molecule has 166 valence electrons. The third-order valence-corrected chi connectivity index (χ3v) is 4.73. The number of rotatable bonds is 10. The molecule has 0 saturated heterocycles. The Morgan fingerprint density at radius 3 is 1.86 bits per heavy atom. The molecule has 6 N–H and O–H groups in total. The second-order valence-corrected chi connectivity index (χ2v) is 8.52. The standard InChI is InChI=1S/C18H29O10P/c1-9(2)11-6-5-7-12(10(3)4)17(11)28-18(23)16(22)15(21)14(20)13(19)8-27-29(24,25)26/h5-7,9-10,13-16,19-22H,8H2,1-4H3,(H2,24,25,26)/t13-,14-,15+,16-/m1/s1. The van der Waals surface area contributed by atoms with Crippen LogP contribution in [0.15, 0.2) is 18.2 Å². The highest BCUT2D eigenvalue weighted by molar-refractivity contribution is 7.46. The molecule has 1 rings (SSSR count). The molecule has 0 aromatic heterocycles. The number of hydrogen-bond acceptors (Lipinski definition) is 8. The quantitative estimate of drug-likeness (QED) is 0.171. The fourth-order valence-electron chi connectivity index (χ4n) is 2.59. The molecule has 29 heavy (non-hydrogen) atoms. The maximum Gasteiger partial charge on any atom is 0.469 e. The summed E-state index contributed by atoms with van der Waals surface area (Å²) in [5.41, 5.74) is 1.42. The third kappa shape index (κ3) is 7.44. The fourth-order valence-corrected chi connectivity index (χ4v) is 2.93. The Morgan fingerprint density at radius 1 is 0.966 bits per heavy atom. The van der Waals surface area contributed by atoms with E-state index in [2.05, 4.69) is 4.52 Å². The minimum Gasteiger partial charge on any atom is -0.424 e. The van der Waals surface area contributed by atoms with Crippen LogP contribution in [0.3, 0.4) is 0 Å². The maximum absolute atomic E-state index is 12.4. The van der Waals surface area contributed by atoms with Crippen molar-refractivity contribution in [3.8, 4) is 5.75 Å². The molecular formula is C18H29O10P. The maximum atomic E-state index is 12.4. The van der Waals surface area contributed by atoms with E-state index in [1.54, 1.807) is 12.1 Å². The van der Waals surface area contributed by atoms with Gasteiger partial charge in [0.25, 0.3) is 0 Å². The van der Waals surface area contributed by atoms with Gasteiger partial charge in [-0.05, 0) is 23.0 Å². The average molecular weight is 436 g/mol. The van der Waals surface area contributed by atoms with Crippen molar-refractivity contribution in [2.75, 3.05) is 6.61 Å². The van der Waals surface area contributed by atoms with Crippen LogP contribution in [0.25, 0.3) is 0 Å². The number of aliphatic hydroxyl groups excluding tert-OH is 4. The van der Waals surface area contributed by atoms with E-state index in [4.69, 9.17) is 14.5 Å². The van der Waals surface area contributed by atoms with Gasteiger partial charge >= 0.3 is 13.8 Å². The molecule has 0 aliphatic rings. The van der Waals surface area contributed by atoms with Gasteiger partial charge in [-0.15, -0.1) is 0 Å². The number of ether oxygens (including phenoxy) is 1. The van der Waals surface area contributed by atoms with Gasteiger partial charge in [0.1, 0.15) is 24.1 Å². The molecule has 1 aromatic carbocycles. The van der Waals surface area contributed by atoms with Crippen molar-refractivity contribution in [2.24, 2.45) is 0 Å². The number of phosphoric acid groups is 1. The number of aliphatic hydroxyl groups is 4. The van der Waals surface area contributed by atoms with Gasteiger partial charge in [0, 0.05) is 0 Å². The molecule has 0 unspecified atom stereocenters. The number of carbonyl (C=O) groups is 1. The summed E-state index contributed by atoms with van der Waals surface area (Å²) in [4.78, 5) is 29.6. The summed E-state index contributed by atoms with van der Waals surface area (Å²) >= 11 is 0. The zero-order valence-electron chi connectivity index (χ0n) is 16.7. The summed E-state index contributed by atoms with van der Waals surface area (Å²) < 4.78 is 20.0. The molecule has 0 aliphatic carbocycles. The van der Waals surface area contributed by atoms with Gasteiger partial charge in [-0.3, -0.25) is 4.52 Å².